The maximum Gasteiger partial charge on any atom is 0.325 e. The number of nitrogens with zero attached hydrogens (tertiary/aromatic N) is 2. The fraction of sp³-hybridized carbons (Fsp3) is 0.0909. The Morgan fingerprint density at radius 2 is 2.19 bits per heavy atom. The van der Waals surface area contributed by atoms with Gasteiger partial charge in [-0.15, -0.1) is 0 Å². The van der Waals surface area contributed by atoms with Crippen molar-refractivity contribution in [3.05, 3.63) is 41.1 Å². The fourth-order valence-electron chi connectivity index (χ4n) is 1.42. The van der Waals surface area contributed by atoms with Crippen molar-refractivity contribution in [3.8, 4) is 11.1 Å². The van der Waals surface area contributed by atoms with Crippen LogP contribution >= 0.6 is 15.9 Å². The normalized spacial score (nSPS) is 10.3. The zero-order valence-electron chi connectivity index (χ0n) is 8.30. The van der Waals surface area contributed by atoms with Crippen molar-refractivity contribution in [1.82, 2.24) is 9.78 Å². The van der Waals surface area contributed by atoms with Gasteiger partial charge < -0.3 is 5.11 Å². The highest BCUT2D eigenvalue weighted by Gasteiger charge is 2.06. The molecule has 0 fully saturated rings. The summed E-state index contributed by atoms with van der Waals surface area (Å²) in [6.07, 6.45) is 3.37. The first kappa shape index (κ1) is 10.9. The van der Waals surface area contributed by atoms with E-state index in [1.54, 1.807) is 12.4 Å². The van der Waals surface area contributed by atoms with E-state index >= 15 is 0 Å². The van der Waals surface area contributed by atoms with Crippen LogP contribution in [0.5, 0.6) is 0 Å². The molecule has 82 valence electrons. The predicted octanol–water partition coefficient (Wildman–Crippen LogP) is 2.40. The maximum absolute atomic E-state index is 10.5. The summed E-state index contributed by atoms with van der Waals surface area (Å²) < 4.78 is 2.36. The lowest BCUT2D eigenvalue weighted by molar-refractivity contribution is -0.137. The molecule has 0 amide bonds. The van der Waals surface area contributed by atoms with E-state index in [0.717, 1.165) is 15.6 Å². The number of aromatic nitrogens is 2. The number of rotatable bonds is 3. The van der Waals surface area contributed by atoms with E-state index in [4.69, 9.17) is 5.11 Å². The third-order valence-corrected chi connectivity index (χ3v) is 2.81. The molecule has 0 radical (unpaired) electrons. The van der Waals surface area contributed by atoms with E-state index in [-0.39, 0.29) is 6.54 Å². The molecule has 0 aliphatic carbocycles. The standard InChI is InChI=1S/C11H9BrN2O2/c12-10-4-2-1-3-9(10)8-5-13-14(6-8)7-11(15)16/h1-6H,7H2,(H,15,16). The predicted molar refractivity (Wildman–Crippen MR) is 63.0 cm³/mol. The molecule has 0 unspecified atom stereocenters. The SMILES string of the molecule is O=C(O)Cn1cc(-c2ccccc2Br)cn1. The topological polar surface area (TPSA) is 55.1 Å². The average Bonchev–Trinajstić information content (AvgIpc) is 2.66. The number of carbonyl (C=O) groups is 1. The van der Waals surface area contributed by atoms with Gasteiger partial charge in [-0.2, -0.15) is 5.10 Å². The summed E-state index contributed by atoms with van der Waals surface area (Å²) in [6, 6.07) is 7.74. The van der Waals surface area contributed by atoms with Gasteiger partial charge in [0.1, 0.15) is 6.54 Å². The van der Waals surface area contributed by atoms with E-state index in [0.29, 0.717) is 0 Å². The van der Waals surface area contributed by atoms with Crippen LogP contribution in [0.4, 0.5) is 0 Å². The minimum atomic E-state index is -0.901. The Kier molecular flexibility index (Phi) is 3.05. The van der Waals surface area contributed by atoms with Gasteiger partial charge in [-0.05, 0) is 11.6 Å². The zero-order valence-corrected chi connectivity index (χ0v) is 9.89. The van der Waals surface area contributed by atoms with Gasteiger partial charge in [0.25, 0.3) is 0 Å². The van der Waals surface area contributed by atoms with E-state index in [1.165, 1.54) is 4.68 Å². The summed E-state index contributed by atoms with van der Waals surface area (Å²) in [5.74, 6) is -0.901. The fourth-order valence-corrected chi connectivity index (χ4v) is 1.94. The molecule has 0 saturated heterocycles. The van der Waals surface area contributed by atoms with Crippen LogP contribution in [-0.2, 0) is 11.3 Å². The number of carboxylic acid groups (broad SMARTS) is 1. The van der Waals surface area contributed by atoms with Crippen molar-refractivity contribution in [2.24, 2.45) is 0 Å². The van der Waals surface area contributed by atoms with Crippen molar-refractivity contribution < 1.29 is 9.90 Å². The first-order valence-corrected chi connectivity index (χ1v) is 5.45. The number of hydrogen-bond acceptors (Lipinski definition) is 2. The van der Waals surface area contributed by atoms with E-state index in [1.807, 2.05) is 24.3 Å². The molecule has 4 nitrogen and oxygen atoms in total. The van der Waals surface area contributed by atoms with Gasteiger partial charge in [0, 0.05) is 16.2 Å². The van der Waals surface area contributed by atoms with Crippen LogP contribution in [0.1, 0.15) is 0 Å². The molecule has 1 aromatic carbocycles. The van der Waals surface area contributed by atoms with Gasteiger partial charge in [-0.3, -0.25) is 9.48 Å². The van der Waals surface area contributed by atoms with E-state index < -0.39 is 5.97 Å². The van der Waals surface area contributed by atoms with Crippen LogP contribution in [0, 0.1) is 0 Å². The van der Waals surface area contributed by atoms with Gasteiger partial charge in [0.05, 0.1) is 6.20 Å². The average molecular weight is 281 g/mol. The number of halogens is 1. The Hall–Kier alpha value is -1.62. The van der Waals surface area contributed by atoms with Crippen molar-refractivity contribution in [3.63, 3.8) is 0 Å². The molecule has 0 aliphatic heterocycles. The Bertz CT molecular complexity index is 522. The quantitative estimate of drug-likeness (QED) is 0.939. The largest absolute Gasteiger partial charge is 0.480 e. The summed E-state index contributed by atoms with van der Waals surface area (Å²) in [5, 5.41) is 12.6. The van der Waals surface area contributed by atoms with Gasteiger partial charge in [-0.25, -0.2) is 0 Å². The summed E-state index contributed by atoms with van der Waals surface area (Å²) in [4.78, 5) is 10.5. The summed E-state index contributed by atoms with van der Waals surface area (Å²) in [6.45, 7) is -0.121. The molecular formula is C11H9BrN2O2. The second kappa shape index (κ2) is 4.49. The summed E-state index contributed by atoms with van der Waals surface area (Å²) in [5.41, 5.74) is 1.90. The van der Waals surface area contributed by atoms with Gasteiger partial charge >= 0.3 is 5.97 Å². The molecular weight excluding hydrogens is 272 g/mol. The minimum Gasteiger partial charge on any atom is -0.480 e. The molecule has 0 atom stereocenters. The van der Waals surface area contributed by atoms with Crippen LogP contribution in [0.25, 0.3) is 11.1 Å². The molecule has 0 saturated carbocycles. The molecule has 0 aliphatic rings. The lowest BCUT2D eigenvalue weighted by atomic mass is 10.1. The lowest BCUT2D eigenvalue weighted by Gasteiger charge is -1.99. The third kappa shape index (κ3) is 2.30. The summed E-state index contributed by atoms with van der Waals surface area (Å²) >= 11 is 3.44. The Morgan fingerprint density at radius 3 is 2.88 bits per heavy atom. The second-order valence-corrected chi connectivity index (χ2v) is 4.15. The smallest absolute Gasteiger partial charge is 0.325 e. The number of hydrogen-bond donors (Lipinski definition) is 1. The van der Waals surface area contributed by atoms with Crippen LogP contribution in [0.15, 0.2) is 41.1 Å². The van der Waals surface area contributed by atoms with Crippen LogP contribution < -0.4 is 0 Å². The van der Waals surface area contributed by atoms with Gasteiger partial charge in [0.2, 0.25) is 0 Å². The van der Waals surface area contributed by atoms with Crippen LogP contribution in [0.2, 0.25) is 0 Å². The molecule has 16 heavy (non-hydrogen) atoms. The van der Waals surface area contributed by atoms with E-state index in [2.05, 4.69) is 21.0 Å². The summed E-state index contributed by atoms with van der Waals surface area (Å²) in [7, 11) is 0. The highest BCUT2D eigenvalue weighted by molar-refractivity contribution is 9.10. The van der Waals surface area contributed by atoms with Crippen molar-refractivity contribution >= 4 is 21.9 Å². The van der Waals surface area contributed by atoms with Gasteiger partial charge in [-0.1, -0.05) is 34.1 Å². The molecule has 1 N–H and O–H groups in total. The molecule has 1 heterocycles. The number of benzene rings is 1. The Balaban J connectivity index is 2.32. The highest BCUT2D eigenvalue weighted by atomic mass is 79.9. The van der Waals surface area contributed by atoms with Crippen molar-refractivity contribution in [2.75, 3.05) is 0 Å². The Labute approximate surface area is 101 Å². The lowest BCUT2D eigenvalue weighted by Crippen LogP contribution is -2.08. The molecule has 0 spiro atoms. The van der Waals surface area contributed by atoms with Crippen LogP contribution in [-0.4, -0.2) is 20.9 Å². The molecule has 5 heteroatoms. The monoisotopic (exact) mass is 280 g/mol. The number of aliphatic carboxylic acids is 1. The third-order valence-electron chi connectivity index (χ3n) is 2.12. The first-order valence-electron chi connectivity index (χ1n) is 4.66. The highest BCUT2D eigenvalue weighted by Crippen LogP contribution is 2.27. The molecule has 2 aromatic rings. The van der Waals surface area contributed by atoms with Crippen molar-refractivity contribution in [2.45, 2.75) is 6.54 Å². The minimum absolute atomic E-state index is 0.121. The molecule has 0 bridgehead atoms. The second-order valence-electron chi connectivity index (χ2n) is 3.30. The van der Waals surface area contributed by atoms with Gasteiger partial charge in [0.15, 0.2) is 0 Å². The molecule has 1 aromatic heterocycles. The van der Waals surface area contributed by atoms with Crippen LogP contribution in [0.3, 0.4) is 0 Å². The van der Waals surface area contributed by atoms with E-state index in [9.17, 15) is 4.79 Å². The number of carboxylic acids is 1. The first-order chi connectivity index (χ1) is 7.66. The molecule has 2 rings (SSSR count). The van der Waals surface area contributed by atoms with Crippen molar-refractivity contribution in [1.29, 1.82) is 0 Å². The zero-order chi connectivity index (χ0) is 11.5. The maximum atomic E-state index is 10.5. The Morgan fingerprint density at radius 1 is 1.44 bits per heavy atom.